The summed E-state index contributed by atoms with van der Waals surface area (Å²) in [5.41, 5.74) is 0.222. The maximum absolute atomic E-state index is 12.5. The highest BCUT2D eigenvalue weighted by atomic mass is 19.1. The molecule has 4 nitrogen and oxygen atoms in total. The molecule has 1 amide bonds. The molecule has 1 aliphatic rings. The van der Waals surface area contributed by atoms with Gasteiger partial charge in [0.15, 0.2) is 0 Å². The fourth-order valence-corrected chi connectivity index (χ4v) is 1.23. The molecule has 0 bridgehead atoms. The van der Waals surface area contributed by atoms with Gasteiger partial charge in [0, 0.05) is 12.3 Å². The number of halogens is 1. The standard InChI is InChI=1S/C8H9FN2O2/c9-6-4-7(10-5-6)8(12)11-2-1-3-13-11/h4-5,10H,1-3H2. The monoisotopic (exact) mass is 184 g/mol. The second-order valence-electron chi connectivity index (χ2n) is 2.83. The fourth-order valence-electron chi connectivity index (χ4n) is 1.23. The van der Waals surface area contributed by atoms with E-state index in [0.29, 0.717) is 13.2 Å². The number of hydroxylamine groups is 2. The third kappa shape index (κ3) is 1.55. The molecule has 2 heterocycles. The molecule has 1 fully saturated rings. The molecular formula is C8H9FN2O2. The molecule has 1 aliphatic heterocycles. The van der Waals surface area contributed by atoms with Crippen molar-refractivity contribution in [3.63, 3.8) is 0 Å². The van der Waals surface area contributed by atoms with Crippen LogP contribution in [0.15, 0.2) is 12.3 Å². The number of nitrogens with one attached hydrogen (secondary N) is 1. The largest absolute Gasteiger partial charge is 0.354 e. The molecule has 1 saturated heterocycles. The molecular weight excluding hydrogens is 175 g/mol. The van der Waals surface area contributed by atoms with Crippen LogP contribution in [0.1, 0.15) is 16.9 Å². The lowest BCUT2D eigenvalue weighted by atomic mass is 10.4. The van der Waals surface area contributed by atoms with Gasteiger partial charge >= 0.3 is 0 Å². The van der Waals surface area contributed by atoms with Crippen molar-refractivity contribution in [1.82, 2.24) is 10.0 Å². The fraction of sp³-hybridized carbons (Fsp3) is 0.375. The number of hydrogen-bond acceptors (Lipinski definition) is 2. The maximum atomic E-state index is 12.5. The van der Waals surface area contributed by atoms with Gasteiger partial charge in [-0.25, -0.2) is 9.45 Å². The van der Waals surface area contributed by atoms with E-state index in [1.54, 1.807) is 0 Å². The molecule has 0 saturated carbocycles. The summed E-state index contributed by atoms with van der Waals surface area (Å²) in [6, 6.07) is 1.16. The molecule has 1 aromatic rings. The second-order valence-corrected chi connectivity index (χ2v) is 2.83. The Labute approximate surface area is 74.2 Å². The highest BCUT2D eigenvalue weighted by Crippen LogP contribution is 2.10. The van der Waals surface area contributed by atoms with Gasteiger partial charge in [-0.2, -0.15) is 0 Å². The average molecular weight is 184 g/mol. The molecule has 1 aromatic heterocycles. The number of nitrogens with zero attached hydrogens (tertiary/aromatic N) is 1. The number of hydrogen-bond donors (Lipinski definition) is 1. The zero-order valence-electron chi connectivity index (χ0n) is 6.92. The summed E-state index contributed by atoms with van der Waals surface area (Å²) in [7, 11) is 0. The first kappa shape index (κ1) is 8.25. The van der Waals surface area contributed by atoms with E-state index in [4.69, 9.17) is 4.84 Å². The molecule has 13 heavy (non-hydrogen) atoms. The summed E-state index contributed by atoms with van der Waals surface area (Å²) in [6.45, 7) is 1.12. The van der Waals surface area contributed by atoms with Gasteiger partial charge in [-0.3, -0.25) is 9.63 Å². The Morgan fingerprint density at radius 1 is 1.69 bits per heavy atom. The Morgan fingerprint density at radius 3 is 3.08 bits per heavy atom. The third-order valence-corrected chi connectivity index (χ3v) is 1.86. The molecule has 0 spiro atoms. The van der Waals surface area contributed by atoms with Crippen molar-refractivity contribution in [3.8, 4) is 0 Å². The zero-order valence-corrected chi connectivity index (χ0v) is 6.92. The quantitative estimate of drug-likeness (QED) is 0.705. The molecule has 0 unspecified atom stereocenters. The van der Waals surface area contributed by atoms with E-state index >= 15 is 0 Å². The third-order valence-electron chi connectivity index (χ3n) is 1.86. The van der Waals surface area contributed by atoms with Crippen molar-refractivity contribution in [2.45, 2.75) is 6.42 Å². The minimum atomic E-state index is -0.442. The van der Waals surface area contributed by atoms with Gasteiger partial charge in [-0.05, 0) is 6.42 Å². The number of aromatic amines is 1. The van der Waals surface area contributed by atoms with Crippen LogP contribution in [-0.4, -0.2) is 29.1 Å². The van der Waals surface area contributed by atoms with Crippen LogP contribution in [0.3, 0.4) is 0 Å². The lowest BCUT2D eigenvalue weighted by Gasteiger charge is -2.11. The summed E-state index contributed by atoms with van der Waals surface area (Å²) >= 11 is 0. The van der Waals surface area contributed by atoms with E-state index in [1.165, 1.54) is 5.06 Å². The number of carbonyl (C=O) groups is 1. The minimum Gasteiger partial charge on any atom is -0.354 e. The first-order valence-corrected chi connectivity index (χ1v) is 4.06. The lowest BCUT2D eigenvalue weighted by Crippen LogP contribution is -2.26. The van der Waals surface area contributed by atoms with Crippen LogP contribution in [0.4, 0.5) is 4.39 Å². The Hall–Kier alpha value is -1.36. The van der Waals surface area contributed by atoms with Crippen molar-refractivity contribution in [2.24, 2.45) is 0 Å². The number of carbonyl (C=O) groups excluding carboxylic acids is 1. The van der Waals surface area contributed by atoms with Crippen LogP contribution in [0, 0.1) is 5.82 Å². The molecule has 70 valence electrons. The van der Waals surface area contributed by atoms with Gasteiger partial charge in [-0.15, -0.1) is 0 Å². The minimum absolute atomic E-state index is 0.222. The molecule has 1 N–H and O–H groups in total. The number of H-pyrrole nitrogens is 1. The predicted octanol–water partition coefficient (Wildman–Crippen LogP) is 0.931. The van der Waals surface area contributed by atoms with Crippen molar-refractivity contribution in [1.29, 1.82) is 0 Å². The topological polar surface area (TPSA) is 45.3 Å². The van der Waals surface area contributed by atoms with E-state index in [9.17, 15) is 9.18 Å². The van der Waals surface area contributed by atoms with E-state index < -0.39 is 5.82 Å². The van der Waals surface area contributed by atoms with Crippen molar-refractivity contribution < 1.29 is 14.0 Å². The molecule has 0 aliphatic carbocycles. The van der Waals surface area contributed by atoms with Crippen molar-refractivity contribution in [3.05, 3.63) is 23.8 Å². The predicted molar refractivity (Wildman–Crippen MR) is 42.4 cm³/mol. The summed E-state index contributed by atoms with van der Waals surface area (Å²) in [6.07, 6.45) is 1.97. The lowest BCUT2D eigenvalue weighted by molar-refractivity contribution is -0.0771. The van der Waals surface area contributed by atoms with Gasteiger partial charge in [-0.1, -0.05) is 0 Å². The van der Waals surface area contributed by atoms with Gasteiger partial charge in [0.05, 0.1) is 13.2 Å². The maximum Gasteiger partial charge on any atom is 0.293 e. The molecule has 5 heteroatoms. The zero-order chi connectivity index (χ0) is 9.26. The van der Waals surface area contributed by atoms with Crippen LogP contribution in [0.2, 0.25) is 0 Å². The molecule has 0 atom stereocenters. The van der Waals surface area contributed by atoms with Gasteiger partial charge in [0.25, 0.3) is 5.91 Å². The van der Waals surface area contributed by atoms with Crippen LogP contribution in [0.25, 0.3) is 0 Å². The first-order chi connectivity index (χ1) is 6.27. The Bertz CT molecular complexity index is 318. The van der Waals surface area contributed by atoms with Gasteiger partial charge in [0.2, 0.25) is 0 Å². The van der Waals surface area contributed by atoms with E-state index in [0.717, 1.165) is 18.7 Å². The second kappa shape index (κ2) is 3.18. The van der Waals surface area contributed by atoms with E-state index in [1.807, 2.05) is 0 Å². The SMILES string of the molecule is O=C(c1cc(F)c[nH]1)N1CCCO1. The Balaban J connectivity index is 2.12. The van der Waals surface area contributed by atoms with Crippen molar-refractivity contribution in [2.75, 3.05) is 13.2 Å². The van der Waals surface area contributed by atoms with Crippen LogP contribution in [-0.2, 0) is 4.84 Å². The summed E-state index contributed by atoms with van der Waals surface area (Å²) in [5, 5.41) is 1.24. The van der Waals surface area contributed by atoms with Crippen LogP contribution >= 0.6 is 0 Å². The highest BCUT2D eigenvalue weighted by molar-refractivity contribution is 5.91. The Morgan fingerprint density at radius 2 is 2.54 bits per heavy atom. The van der Waals surface area contributed by atoms with Crippen LogP contribution in [0.5, 0.6) is 0 Å². The normalized spacial score (nSPS) is 16.5. The number of rotatable bonds is 1. The van der Waals surface area contributed by atoms with Crippen LogP contribution < -0.4 is 0 Å². The number of amides is 1. The number of aromatic nitrogens is 1. The summed E-state index contributed by atoms with van der Waals surface area (Å²) < 4.78 is 12.5. The summed E-state index contributed by atoms with van der Waals surface area (Å²) in [5.74, 6) is -0.760. The van der Waals surface area contributed by atoms with Crippen molar-refractivity contribution >= 4 is 5.91 Å². The first-order valence-electron chi connectivity index (χ1n) is 4.06. The summed E-state index contributed by atoms with van der Waals surface area (Å²) in [4.78, 5) is 19.0. The molecule has 0 radical (unpaired) electrons. The highest BCUT2D eigenvalue weighted by Gasteiger charge is 2.21. The molecule has 2 rings (SSSR count). The van der Waals surface area contributed by atoms with E-state index in [-0.39, 0.29) is 11.6 Å². The molecule has 0 aromatic carbocycles. The Kier molecular flexibility index (Phi) is 2.02. The van der Waals surface area contributed by atoms with Gasteiger partial charge < -0.3 is 4.98 Å². The average Bonchev–Trinajstić information content (AvgIpc) is 2.72. The smallest absolute Gasteiger partial charge is 0.293 e. The van der Waals surface area contributed by atoms with Gasteiger partial charge in [0.1, 0.15) is 11.5 Å². The van der Waals surface area contributed by atoms with E-state index in [2.05, 4.69) is 4.98 Å².